The van der Waals surface area contributed by atoms with Crippen molar-refractivity contribution in [2.45, 2.75) is 85.7 Å². The first-order valence-corrected chi connectivity index (χ1v) is 16.0. The molecule has 0 bridgehead atoms. The van der Waals surface area contributed by atoms with Crippen LogP contribution in [0.2, 0.25) is 0 Å². The lowest BCUT2D eigenvalue weighted by Crippen LogP contribution is -2.48. The summed E-state index contributed by atoms with van der Waals surface area (Å²) in [5, 5.41) is 21.0. The zero-order valence-corrected chi connectivity index (χ0v) is 28.3. The summed E-state index contributed by atoms with van der Waals surface area (Å²) in [6, 6.07) is 8.62. The summed E-state index contributed by atoms with van der Waals surface area (Å²) in [4.78, 5) is 20.2. The molecular weight excluding hydrogens is 571 g/mol. The normalized spacial score (nSPS) is 19.0. The molecule has 45 heavy (non-hydrogen) atoms. The number of ether oxygens (including phenoxy) is 1. The lowest BCUT2D eigenvalue weighted by atomic mass is 9.77. The van der Waals surface area contributed by atoms with Crippen LogP contribution in [0.15, 0.2) is 30.5 Å². The van der Waals surface area contributed by atoms with Crippen molar-refractivity contribution in [1.82, 2.24) is 14.5 Å². The number of aliphatic hydroxyl groups is 1. The van der Waals surface area contributed by atoms with Gasteiger partial charge in [-0.25, -0.2) is 4.79 Å². The first kappa shape index (κ1) is 33.3. The zero-order chi connectivity index (χ0) is 32.9. The molecule has 2 saturated heterocycles. The van der Waals surface area contributed by atoms with Crippen LogP contribution in [0.1, 0.15) is 72.8 Å². The van der Waals surface area contributed by atoms with Gasteiger partial charge >= 0.3 is 13.2 Å². The SMILES string of the molecule is CCn1c(-c2cc(N3CCN(C(=O)O)CC3)cnc2[C@H](C)OC)c(CC(C)(C)CO)c2cc(B3OC(C)(C)C(C)(C)O3)ccc21. The molecule has 2 N–H and O–H groups in total. The Morgan fingerprint density at radius 3 is 2.31 bits per heavy atom. The highest BCUT2D eigenvalue weighted by atomic mass is 16.7. The molecule has 5 rings (SSSR count). The van der Waals surface area contributed by atoms with Crippen LogP contribution >= 0.6 is 0 Å². The van der Waals surface area contributed by atoms with Crippen LogP contribution in [-0.4, -0.2) is 89.0 Å². The Bertz CT molecular complexity index is 1540. The highest BCUT2D eigenvalue weighted by molar-refractivity contribution is 6.62. The maximum absolute atomic E-state index is 11.5. The lowest BCUT2D eigenvalue weighted by molar-refractivity contribution is 0.00578. The number of carboxylic acid groups (broad SMARTS) is 1. The molecule has 4 heterocycles. The highest BCUT2D eigenvalue weighted by Gasteiger charge is 2.51. The van der Waals surface area contributed by atoms with Gasteiger partial charge in [0, 0.05) is 62.9 Å². The molecule has 0 aliphatic carbocycles. The molecule has 244 valence electrons. The van der Waals surface area contributed by atoms with Gasteiger partial charge in [0.05, 0.1) is 40.6 Å². The Morgan fingerprint density at radius 2 is 1.76 bits per heavy atom. The Labute approximate surface area is 267 Å². The zero-order valence-electron chi connectivity index (χ0n) is 28.3. The number of carbonyl (C=O) groups is 1. The van der Waals surface area contributed by atoms with Crippen LogP contribution < -0.4 is 10.4 Å². The van der Waals surface area contributed by atoms with E-state index in [0.717, 1.165) is 51.1 Å². The summed E-state index contributed by atoms with van der Waals surface area (Å²) in [5.41, 5.74) is 5.68. The molecule has 1 atom stereocenters. The van der Waals surface area contributed by atoms with Gasteiger partial charge in [0.15, 0.2) is 0 Å². The fourth-order valence-electron chi connectivity index (χ4n) is 6.34. The minimum Gasteiger partial charge on any atom is -0.465 e. The quantitative estimate of drug-likeness (QED) is 0.319. The van der Waals surface area contributed by atoms with E-state index in [9.17, 15) is 15.0 Å². The van der Waals surface area contributed by atoms with Gasteiger partial charge in [0.2, 0.25) is 0 Å². The van der Waals surface area contributed by atoms with Crippen molar-refractivity contribution in [3.05, 3.63) is 41.7 Å². The highest BCUT2D eigenvalue weighted by Crippen LogP contribution is 2.42. The standard InChI is InChI=1S/C34H49BN4O6/c1-10-39-28-12-11-23(35-44-33(5,6)34(7,8)45-35)17-25(28)27(19-32(3,4)21-40)30(39)26-18-24(20-36-29(26)22(2)43-9)37-13-15-38(16-14-37)31(41)42/h11-12,17-18,20,22,40H,10,13-16,19,21H2,1-9H3,(H,41,42)/t22-/m0/s1. The Kier molecular flexibility index (Phi) is 9.05. The van der Waals surface area contributed by atoms with Crippen LogP contribution in [0.4, 0.5) is 10.5 Å². The van der Waals surface area contributed by atoms with E-state index in [2.05, 4.69) is 82.2 Å². The molecule has 2 aromatic heterocycles. The lowest BCUT2D eigenvalue weighted by Gasteiger charge is -2.35. The number of rotatable bonds is 9. The number of aryl methyl sites for hydroxylation is 1. The van der Waals surface area contributed by atoms with Crippen molar-refractivity contribution in [1.29, 1.82) is 0 Å². The van der Waals surface area contributed by atoms with Crippen molar-refractivity contribution in [2.24, 2.45) is 5.41 Å². The number of methoxy groups -OCH3 is 1. The average Bonchev–Trinajstić information content (AvgIpc) is 3.43. The van der Waals surface area contributed by atoms with Gasteiger partial charge < -0.3 is 38.6 Å². The van der Waals surface area contributed by atoms with Gasteiger partial charge in [-0.2, -0.15) is 0 Å². The molecule has 2 fully saturated rings. The summed E-state index contributed by atoms with van der Waals surface area (Å²) < 4.78 is 21.0. The summed E-state index contributed by atoms with van der Waals surface area (Å²) >= 11 is 0. The largest absolute Gasteiger partial charge is 0.494 e. The third-order valence-electron chi connectivity index (χ3n) is 9.93. The minimum atomic E-state index is -0.888. The van der Waals surface area contributed by atoms with Crippen LogP contribution in [-0.2, 0) is 27.0 Å². The Hall–Kier alpha value is -3.12. The molecular formula is C34H49BN4O6. The third-order valence-corrected chi connectivity index (χ3v) is 9.93. The van der Waals surface area contributed by atoms with Crippen molar-refractivity contribution in [3.63, 3.8) is 0 Å². The summed E-state index contributed by atoms with van der Waals surface area (Å²) in [7, 11) is 1.20. The van der Waals surface area contributed by atoms with Crippen LogP contribution in [0.25, 0.3) is 22.2 Å². The van der Waals surface area contributed by atoms with Gasteiger partial charge in [0.1, 0.15) is 0 Å². The van der Waals surface area contributed by atoms with E-state index in [1.807, 2.05) is 13.1 Å². The fourth-order valence-corrected chi connectivity index (χ4v) is 6.34. The predicted octanol–water partition coefficient (Wildman–Crippen LogP) is 5.09. The summed E-state index contributed by atoms with van der Waals surface area (Å²) in [5.74, 6) is 0. The maximum Gasteiger partial charge on any atom is 0.494 e. The molecule has 10 nitrogen and oxygen atoms in total. The molecule has 0 spiro atoms. The maximum atomic E-state index is 11.5. The molecule has 1 aromatic carbocycles. The van der Waals surface area contributed by atoms with Crippen LogP contribution in [0, 0.1) is 5.41 Å². The molecule has 11 heteroatoms. The van der Waals surface area contributed by atoms with E-state index in [1.54, 1.807) is 7.11 Å². The van der Waals surface area contributed by atoms with Crippen molar-refractivity contribution < 1.29 is 29.1 Å². The molecule has 0 saturated carbocycles. The van der Waals surface area contributed by atoms with Crippen LogP contribution in [0.5, 0.6) is 0 Å². The molecule has 2 aliphatic heterocycles. The number of aliphatic hydroxyl groups excluding tert-OH is 1. The van der Waals surface area contributed by atoms with E-state index >= 15 is 0 Å². The van der Waals surface area contributed by atoms with E-state index < -0.39 is 24.4 Å². The molecule has 0 unspecified atom stereocenters. The number of hydrogen-bond acceptors (Lipinski definition) is 7. The predicted molar refractivity (Wildman–Crippen MR) is 178 cm³/mol. The number of fused-ring (bicyclic) bond motifs is 1. The number of hydrogen-bond donors (Lipinski definition) is 2. The van der Waals surface area contributed by atoms with Gasteiger partial charge in [-0.15, -0.1) is 0 Å². The number of pyridine rings is 1. The Morgan fingerprint density at radius 1 is 1.11 bits per heavy atom. The van der Waals surface area contributed by atoms with E-state index in [0.29, 0.717) is 32.6 Å². The number of piperazine rings is 1. The smallest absolute Gasteiger partial charge is 0.465 e. The van der Waals surface area contributed by atoms with Gasteiger partial charge in [-0.05, 0) is 76.5 Å². The topological polar surface area (TPSA) is 110 Å². The second-order valence-corrected chi connectivity index (χ2v) is 14.2. The van der Waals surface area contributed by atoms with Gasteiger partial charge in [-0.3, -0.25) is 4.98 Å². The monoisotopic (exact) mass is 620 g/mol. The minimum absolute atomic E-state index is 0.0373. The fraction of sp³-hybridized carbons (Fsp3) is 0.588. The van der Waals surface area contributed by atoms with E-state index in [-0.39, 0.29) is 18.1 Å². The van der Waals surface area contributed by atoms with Gasteiger partial charge in [0.25, 0.3) is 0 Å². The van der Waals surface area contributed by atoms with Crippen LogP contribution in [0.3, 0.4) is 0 Å². The van der Waals surface area contributed by atoms with Crippen molar-refractivity contribution in [2.75, 3.05) is 44.8 Å². The van der Waals surface area contributed by atoms with E-state index in [1.165, 1.54) is 4.90 Å². The number of benzene rings is 1. The first-order chi connectivity index (χ1) is 21.1. The average molecular weight is 621 g/mol. The second kappa shape index (κ2) is 12.2. The summed E-state index contributed by atoms with van der Waals surface area (Å²) in [6.07, 6.45) is 1.36. The second-order valence-electron chi connectivity index (χ2n) is 14.2. The van der Waals surface area contributed by atoms with Gasteiger partial charge in [-0.1, -0.05) is 26.0 Å². The summed E-state index contributed by atoms with van der Waals surface area (Å²) in [6.45, 7) is 19.4. The molecule has 2 aliphatic rings. The molecule has 0 radical (unpaired) electrons. The van der Waals surface area contributed by atoms with Crippen molar-refractivity contribution in [3.8, 4) is 11.3 Å². The number of aromatic nitrogens is 2. The number of anilines is 1. The third kappa shape index (κ3) is 6.20. The number of nitrogens with zero attached hydrogens (tertiary/aromatic N) is 4. The van der Waals surface area contributed by atoms with E-state index in [4.69, 9.17) is 19.0 Å². The molecule has 3 aromatic rings. The first-order valence-electron chi connectivity index (χ1n) is 16.0. The van der Waals surface area contributed by atoms with Crippen molar-refractivity contribution >= 4 is 35.3 Å². The molecule has 1 amide bonds. The number of amides is 1. The Balaban J connectivity index is 1.71.